The molecule has 1 aliphatic rings. The number of pyridine rings is 1. The highest BCUT2D eigenvalue weighted by Crippen LogP contribution is 2.19. The van der Waals surface area contributed by atoms with Crippen LogP contribution in [-0.4, -0.2) is 60.5 Å². The number of fused-ring (bicyclic) bond motifs is 1. The van der Waals surface area contributed by atoms with Gasteiger partial charge in [0.05, 0.1) is 7.11 Å². The Balaban J connectivity index is 1.67. The molecule has 1 aromatic carbocycles. The number of aromatic nitrogens is 1. The van der Waals surface area contributed by atoms with Crippen molar-refractivity contribution < 1.29 is 9.53 Å². The van der Waals surface area contributed by atoms with Gasteiger partial charge in [-0.2, -0.15) is 0 Å². The summed E-state index contributed by atoms with van der Waals surface area (Å²) in [6, 6.07) is 7.40. The molecule has 6 heteroatoms. The van der Waals surface area contributed by atoms with E-state index in [0.717, 1.165) is 49.4 Å². The molecule has 0 unspecified atom stereocenters. The van der Waals surface area contributed by atoms with Crippen LogP contribution in [0.15, 0.2) is 29.1 Å². The number of aryl methyl sites for hydroxylation is 1. The Kier molecular flexibility index (Phi) is 5.38. The first-order chi connectivity index (χ1) is 12.1. The van der Waals surface area contributed by atoms with Gasteiger partial charge in [0.15, 0.2) is 0 Å². The van der Waals surface area contributed by atoms with Crippen LogP contribution in [0.4, 0.5) is 0 Å². The fraction of sp³-hybridized carbons (Fsp3) is 0.474. The minimum atomic E-state index is -0.124. The minimum absolute atomic E-state index is 0.124. The molecule has 0 radical (unpaired) electrons. The second kappa shape index (κ2) is 7.70. The van der Waals surface area contributed by atoms with E-state index < -0.39 is 0 Å². The molecule has 1 N–H and O–H groups in total. The van der Waals surface area contributed by atoms with Crippen molar-refractivity contribution in [2.24, 2.45) is 0 Å². The molecule has 1 fully saturated rings. The van der Waals surface area contributed by atoms with E-state index in [1.54, 1.807) is 7.11 Å². The molecule has 2 heterocycles. The van der Waals surface area contributed by atoms with E-state index >= 15 is 0 Å². The van der Waals surface area contributed by atoms with Crippen LogP contribution in [0.5, 0.6) is 5.75 Å². The Morgan fingerprint density at radius 3 is 2.64 bits per heavy atom. The molecule has 0 atom stereocenters. The van der Waals surface area contributed by atoms with Gasteiger partial charge in [0.25, 0.3) is 5.56 Å². The molecular formula is C19H25N3O3. The number of hydrogen-bond donors (Lipinski definition) is 1. The van der Waals surface area contributed by atoms with Crippen molar-refractivity contribution in [3.05, 3.63) is 40.2 Å². The first-order valence-electron chi connectivity index (χ1n) is 8.80. The van der Waals surface area contributed by atoms with Crippen molar-refractivity contribution in [2.45, 2.75) is 19.8 Å². The minimum Gasteiger partial charge on any atom is -0.497 e. The molecule has 0 spiro atoms. The molecule has 1 amide bonds. The quantitative estimate of drug-likeness (QED) is 0.896. The Hall–Kier alpha value is -2.34. The lowest BCUT2D eigenvalue weighted by molar-refractivity contribution is -0.132. The van der Waals surface area contributed by atoms with Gasteiger partial charge in [0.1, 0.15) is 5.75 Å². The number of nitrogens with one attached hydrogen (secondary N) is 1. The summed E-state index contributed by atoms with van der Waals surface area (Å²) in [5, 5.41) is 0.915. The van der Waals surface area contributed by atoms with Crippen LogP contribution in [0.1, 0.15) is 18.9 Å². The molecule has 0 aliphatic carbocycles. The standard InChI is InChI=1S/C19H25N3O3/c1-3-21-8-10-22(11-9-21)18(23)7-4-14-12-15-13-16(25-2)5-6-17(15)20-19(14)24/h5-6,12-13H,3-4,7-11H2,1-2H3,(H,20,24). The van der Waals surface area contributed by atoms with Gasteiger partial charge in [0.2, 0.25) is 5.91 Å². The molecule has 0 saturated carbocycles. The summed E-state index contributed by atoms with van der Waals surface area (Å²) >= 11 is 0. The zero-order valence-corrected chi connectivity index (χ0v) is 14.9. The lowest BCUT2D eigenvalue weighted by Crippen LogP contribution is -2.48. The second-order valence-electron chi connectivity index (χ2n) is 6.39. The zero-order chi connectivity index (χ0) is 17.8. The van der Waals surface area contributed by atoms with Crippen LogP contribution in [0.25, 0.3) is 10.9 Å². The highest BCUT2D eigenvalue weighted by molar-refractivity contribution is 5.81. The molecule has 134 valence electrons. The predicted molar refractivity (Wildman–Crippen MR) is 98.1 cm³/mol. The number of benzene rings is 1. The third-order valence-electron chi connectivity index (χ3n) is 4.91. The number of likely N-dealkylation sites (N-methyl/N-ethyl adjacent to an activating group) is 1. The number of aromatic amines is 1. The third-order valence-corrected chi connectivity index (χ3v) is 4.91. The molecule has 25 heavy (non-hydrogen) atoms. The van der Waals surface area contributed by atoms with Gasteiger partial charge in [-0.3, -0.25) is 9.59 Å². The maximum absolute atomic E-state index is 12.4. The fourth-order valence-electron chi connectivity index (χ4n) is 3.26. The SMILES string of the molecule is CCN1CCN(C(=O)CCc2cc3cc(OC)ccc3[nH]c2=O)CC1. The number of hydrogen-bond acceptors (Lipinski definition) is 4. The topological polar surface area (TPSA) is 65.6 Å². The van der Waals surface area contributed by atoms with E-state index in [1.807, 2.05) is 29.2 Å². The predicted octanol–water partition coefficient (Wildman–Crippen LogP) is 1.63. The number of carbonyl (C=O) groups is 1. The summed E-state index contributed by atoms with van der Waals surface area (Å²) in [7, 11) is 1.62. The van der Waals surface area contributed by atoms with Crippen molar-refractivity contribution in [3.63, 3.8) is 0 Å². The number of carbonyl (C=O) groups excluding carboxylic acids is 1. The van der Waals surface area contributed by atoms with Crippen molar-refractivity contribution in [1.29, 1.82) is 0 Å². The first-order valence-corrected chi connectivity index (χ1v) is 8.80. The van der Waals surface area contributed by atoms with Crippen molar-refractivity contribution in [1.82, 2.24) is 14.8 Å². The van der Waals surface area contributed by atoms with Gasteiger partial charge in [-0.1, -0.05) is 6.92 Å². The first kappa shape index (κ1) is 17.5. The van der Waals surface area contributed by atoms with Crippen molar-refractivity contribution in [2.75, 3.05) is 39.8 Å². The normalized spacial score (nSPS) is 15.5. The van der Waals surface area contributed by atoms with Crippen molar-refractivity contribution >= 4 is 16.8 Å². The largest absolute Gasteiger partial charge is 0.497 e. The van der Waals surface area contributed by atoms with E-state index in [1.165, 1.54) is 0 Å². The second-order valence-corrected chi connectivity index (χ2v) is 6.39. The maximum atomic E-state index is 12.4. The molecule has 3 rings (SSSR count). The monoisotopic (exact) mass is 343 g/mol. The lowest BCUT2D eigenvalue weighted by atomic mass is 10.1. The number of methoxy groups -OCH3 is 1. The van der Waals surface area contributed by atoms with E-state index in [-0.39, 0.29) is 11.5 Å². The molecule has 2 aromatic rings. The van der Waals surface area contributed by atoms with Crippen LogP contribution in [0.3, 0.4) is 0 Å². The number of amides is 1. The highest BCUT2D eigenvalue weighted by atomic mass is 16.5. The average Bonchev–Trinajstić information content (AvgIpc) is 2.65. The average molecular weight is 343 g/mol. The fourth-order valence-corrected chi connectivity index (χ4v) is 3.26. The molecule has 0 bridgehead atoms. The summed E-state index contributed by atoms with van der Waals surface area (Å²) in [4.78, 5) is 31.8. The van der Waals surface area contributed by atoms with Gasteiger partial charge in [0, 0.05) is 49.1 Å². The lowest BCUT2D eigenvalue weighted by Gasteiger charge is -2.34. The molecular weight excluding hydrogens is 318 g/mol. The van der Waals surface area contributed by atoms with Gasteiger partial charge < -0.3 is 19.5 Å². The van der Waals surface area contributed by atoms with Gasteiger partial charge >= 0.3 is 0 Å². The summed E-state index contributed by atoms with van der Waals surface area (Å²) in [6.07, 6.45) is 0.819. The van der Waals surface area contributed by atoms with E-state index in [9.17, 15) is 9.59 Å². The Morgan fingerprint density at radius 2 is 1.96 bits per heavy atom. The van der Waals surface area contributed by atoms with Gasteiger partial charge in [-0.25, -0.2) is 0 Å². The molecule has 1 saturated heterocycles. The summed E-state index contributed by atoms with van der Waals surface area (Å²) in [5.74, 6) is 0.872. The van der Waals surface area contributed by atoms with Crippen LogP contribution >= 0.6 is 0 Å². The summed E-state index contributed by atoms with van der Waals surface area (Å²) in [5.41, 5.74) is 1.29. The Morgan fingerprint density at radius 1 is 1.20 bits per heavy atom. The number of rotatable bonds is 5. The zero-order valence-electron chi connectivity index (χ0n) is 14.9. The smallest absolute Gasteiger partial charge is 0.251 e. The van der Waals surface area contributed by atoms with Crippen molar-refractivity contribution in [3.8, 4) is 5.75 Å². The van der Waals surface area contributed by atoms with Gasteiger partial charge in [-0.05, 0) is 37.2 Å². The summed E-state index contributed by atoms with van der Waals surface area (Å²) in [6.45, 7) is 6.57. The van der Waals surface area contributed by atoms with E-state index in [2.05, 4.69) is 16.8 Å². The van der Waals surface area contributed by atoms with Crippen LogP contribution in [0, 0.1) is 0 Å². The number of H-pyrrole nitrogens is 1. The van der Waals surface area contributed by atoms with Crippen LogP contribution in [0.2, 0.25) is 0 Å². The van der Waals surface area contributed by atoms with Crippen LogP contribution in [-0.2, 0) is 11.2 Å². The number of ether oxygens (including phenoxy) is 1. The maximum Gasteiger partial charge on any atom is 0.251 e. The molecule has 1 aromatic heterocycles. The van der Waals surface area contributed by atoms with Crippen LogP contribution < -0.4 is 10.3 Å². The Bertz CT molecular complexity index is 807. The third kappa shape index (κ3) is 4.02. The van der Waals surface area contributed by atoms with E-state index in [0.29, 0.717) is 18.4 Å². The Labute approximate surface area is 147 Å². The van der Waals surface area contributed by atoms with Gasteiger partial charge in [-0.15, -0.1) is 0 Å². The number of nitrogens with zero attached hydrogens (tertiary/aromatic N) is 2. The van der Waals surface area contributed by atoms with E-state index in [4.69, 9.17) is 4.74 Å². The highest BCUT2D eigenvalue weighted by Gasteiger charge is 2.20. The summed E-state index contributed by atoms with van der Waals surface area (Å²) < 4.78 is 5.23. The number of piperazine rings is 1. The molecule has 6 nitrogen and oxygen atoms in total. The molecule has 1 aliphatic heterocycles.